The minimum Gasteiger partial charge on any atom is -0.198 e. The fourth-order valence-electron chi connectivity index (χ4n) is 0.315. The Balaban J connectivity index is 3.20. The number of hydrogen-bond donors (Lipinski definition) is 0. The molecule has 0 aliphatic rings. The Bertz CT molecular complexity index is 114. The molecule has 0 radical (unpaired) electrons. The van der Waals surface area contributed by atoms with E-state index in [2.05, 4.69) is 0 Å². The fourth-order valence-corrected chi connectivity index (χ4v) is 1.77. The SMILES string of the molecule is N#CCCCS(Cl)(Cl)Cl. The molecule has 0 atom stereocenters. The standard InChI is InChI=1S/C4H6Cl3NS/c5-9(6,7)4-2-1-3-8/h1-2,4H2. The van der Waals surface area contributed by atoms with E-state index in [-0.39, 0.29) is 0 Å². The van der Waals surface area contributed by atoms with Gasteiger partial charge in [-0.1, -0.05) is 0 Å². The van der Waals surface area contributed by atoms with Gasteiger partial charge < -0.3 is 0 Å². The highest BCUT2D eigenvalue weighted by Gasteiger charge is 2.11. The van der Waals surface area contributed by atoms with Crippen molar-refractivity contribution in [1.29, 1.82) is 5.26 Å². The zero-order valence-electron chi connectivity index (χ0n) is 4.61. The molecule has 5 heteroatoms. The zero-order valence-corrected chi connectivity index (χ0v) is 7.69. The van der Waals surface area contributed by atoms with Gasteiger partial charge in [0.1, 0.15) is 0 Å². The van der Waals surface area contributed by atoms with Crippen molar-refractivity contribution in [2.45, 2.75) is 12.8 Å². The van der Waals surface area contributed by atoms with Crippen LogP contribution in [0, 0.1) is 11.3 Å². The number of rotatable bonds is 3. The van der Waals surface area contributed by atoms with Crippen LogP contribution in [0.4, 0.5) is 0 Å². The van der Waals surface area contributed by atoms with Gasteiger partial charge in [0.15, 0.2) is 0 Å². The number of hydrogen-bond acceptors (Lipinski definition) is 1. The van der Waals surface area contributed by atoms with Crippen LogP contribution in [0.2, 0.25) is 0 Å². The molecule has 0 bridgehead atoms. The lowest BCUT2D eigenvalue weighted by molar-refractivity contribution is 0.983. The van der Waals surface area contributed by atoms with Crippen LogP contribution in [0.25, 0.3) is 0 Å². The van der Waals surface area contributed by atoms with E-state index in [1.165, 1.54) is 0 Å². The van der Waals surface area contributed by atoms with Gasteiger partial charge in [-0.15, -0.1) is 0 Å². The zero-order chi connectivity index (χ0) is 7.33. The highest BCUT2D eigenvalue weighted by Crippen LogP contribution is 2.63. The molecule has 0 spiro atoms. The van der Waals surface area contributed by atoms with Crippen LogP contribution in [-0.2, 0) is 0 Å². The predicted octanol–water partition coefficient (Wildman–Crippen LogP) is 3.56. The first-order valence-corrected chi connectivity index (χ1v) is 6.61. The minimum absolute atomic E-state index is 0.473. The average Bonchev–Trinajstić information content (AvgIpc) is 1.63. The Morgan fingerprint density at radius 1 is 1.33 bits per heavy atom. The van der Waals surface area contributed by atoms with Gasteiger partial charge in [0.2, 0.25) is 0 Å². The molecule has 0 aromatic heterocycles. The summed E-state index contributed by atoms with van der Waals surface area (Å²) in [5.74, 6) is 0.533. The lowest BCUT2D eigenvalue weighted by Crippen LogP contribution is -1.81. The molecule has 0 saturated heterocycles. The van der Waals surface area contributed by atoms with Gasteiger partial charge >= 0.3 is 0 Å². The van der Waals surface area contributed by atoms with Crippen LogP contribution in [0.1, 0.15) is 12.8 Å². The third-order valence-electron chi connectivity index (χ3n) is 0.664. The van der Waals surface area contributed by atoms with Crippen molar-refractivity contribution in [1.82, 2.24) is 0 Å². The fraction of sp³-hybridized carbons (Fsp3) is 0.750. The molecule has 0 fully saturated rings. The first kappa shape index (κ1) is 9.71. The highest BCUT2D eigenvalue weighted by atomic mass is 36.2. The van der Waals surface area contributed by atoms with Gasteiger partial charge in [0.05, 0.1) is 6.07 Å². The van der Waals surface area contributed by atoms with Gasteiger partial charge in [-0.25, -0.2) is 0 Å². The maximum atomic E-state index is 8.09. The second-order valence-corrected chi connectivity index (χ2v) is 9.04. The van der Waals surface area contributed by atoms with Gasteiger partial charge in [0.25, 0.3) is 0 Å². The van der Waals surface area contributed by atoms with E-state index in [0.29, 0.717) is 18.6 Å². The smallest absolute Gasteiger partial charge is 0.0622 e. The first-order valence-electron chi connectivity index (χ1n) is 2.33. The molecular formula is C4H6Cl3NS. The summed E-state index contributed by atoms with van der Waals surface area (Å²) < 4.78 is 0. The quantitative estimate of drug-likeness (QED) is 0.648. The highest BCUT2D eigenvalue weighted by molar-refractivity contribution is 8.79. The van der Waals surface area contributed by atoms with Crippen molar-refractivity contribution in [2.24, 2.45) is 0 Å². The maximum Gasteiger partial charge on any atom is 0.0622 e. The molecule has 0 rings (SSSR count). The van der Waals surface area contributed by atoms with E-state index in [1.807, 2.05) is 6.07 Å². The summed E-state index contributed by atoms with van der Waals surface area (Å²) in [5, 5.41) is 8.09. The molecule has 0 unspecified atom stereocenters. The van der Waals surface area contributed by atoms with Crippen molar-refractivity contribution in [3.8, 4) is 6.07 Å². The summed E-state index contributed by atoms with van der Waals surface area (Å²) in [7, 11) is 14.5. The lowest BCUT2D eigenvalue weighted by atomic mass is 10.4. The average molecular weight is 207 g/mol. The van der Waals surface area contributed by atoms with Crippen molar-refractivity contribution in [3.63, 3.8) is 0 Å². The van der Waals surface area contributed by atoms with Crippen molar-refractivity contribution in [3.05, 3.63) is 0 Å². The van der Waals surface area contributed by atoms with Crippen LogP contribution in [0.5, 0.6) is 0 Å². The Morgan fingerprint density at radius 3 is 2.22 bits per heavy atom. The Kier molecular flexibility index (Phi) is 4.87. The molecule has 0 heterocycles. The van der Waals surface area contributed by atoms with E-state index in [4.69, 9.17) is 37.3 Å². The van der Waals surface area contributed by atoms with Crippen LogP contribution in [0.15, 0.2) is 0 Å². The molecule has 0 saturated carbocycles. The van der Waals surface area contributed by atoms with Crippen molar-refractivity contribution >= 4 is 39.7 Å². The molecule has 0 N–H and O–H groups in total. The first-order chi connectivity index (χ1) is 4.06. The second kappa shape index (κ2) is 4.51. The second-order valence-electron chi connectivity index (χ2n) is 1.47. The van der Waals surface area contributed by atoms with Crippen molar-refractivity contribution in [2.75, 3.05) is 5.75 Å². The predicted molar refractivity (Wildman–Crippen MR) is 44.9 cm³/mol. The van der Waals surface area contributed by atoms with Gasteiger partial charge in [-0.2, -0.15) is 5.26 Å². The van der Waals surface area contributed by atoms with Crippen LogP contribution >= 0.6 is 39.7 Å². The normalized spacial score (nSPS) is 12.7. The Hall–Kier alpha value is 0.710. The van der Waals surface area contributed by atoms with Gasteiger partial charge in [-0.05, 0) is 46.1 Å². The molecule has 0 aromatic rings. The maximum absolute atomic E-state index is 8.09. The molecule has 9 heavy (non-hydrogen) atoms. The van der Waals surface area contributed by atoms with Crippen LogP contribution in [-0.4, -0.2) is 5.75 Å². The summed E-state index contributed by atoms with van der Waals surface area (Å²) in [6.07, 6.45) is 1.16. The van der Waals surface area contributed by atoms with E-state index in [0.717, 1.165) is 0 Å². The number of unbranched alkanes of at least 4 members (excludes halogenated alkanes) is 1. The van der Waals surface area contributed by atoms with Crippen LogP contribution < -0.4 is 0 Å². The molecular weight excluding hydrogens is 200 g/mol. The Morgan fingerprint density at radius 2 is 1.89 bits per heavy atom. The summed E-state index contributed by atoms with van der Waals surface area (Å²) in [4.78, 5) is 0. The van der Waals surface area contributed by atoms with E-state index >= 15 is 0 Å². The molecule has 0 aliphatic heterocycles. The summed E-state index contributed by atoms with van der Waals surface area (Å²) in [6, 6.07) is 1.98. The van der Waals surface area contributed by atoms with E-state index in [1.54, 1.807) is 0 Å². The summed E-state index contributed by atoms with van der Waals surface area (Å²) in [6.45, 7) is 0. The summed E-state index contributed by atoms with van der Waals surface area (Å²) >= 11 is 0. The van der Waals surface area contributed by atoms with E-state index < -0.39 is 7.67 Å². The molecule has 0 aliphatic carbocycles. The molecule has 1 nitrogen and oxygen atoms in total. The molecule has 0 amide bonds. The van der Waals surface area contributed by atoms with Crippen LogP contribution in [0.3, 0.4) is 0 Å². The number of halogens is 3. The van der Waals surface area contributed by atoms with Gasteiger partial charge in [-0.3, -0.25) is 0 Å². The monoisotopic (exact) mass is 205 g/mol. The number of nitrogens with zero attached hydrogens (tertiary/aromatic N) is 1. The number of nitriles is 1. The molecule has 54 valence electrons. The third kappa shape index (κ3) is 8.71. The third-order valence-corrected chi connectivity index (χ3v) is 2.80. The summed E-state index contributed by atoms with van der Waals surface area (Å²) in [5.41, 5.74) is 0. The largest absolute Gasteiger partial charge is 0.198 e. The Labute approximate surface area is 69.7 Å². The van der Waals surface area contributed by atoms with E-state index in [9.17, 15) is 0 Å². The van der Waals surface area contributed by atoms with Gasteiger partial charge in [0, 0.05) is 12.2 Å². The topological polar surface area (TPSA) is 23.8 Å². The van der Waals surface area contributed by atoms with Crippen molar-refractivity contribution < 1.29 is 0 Å². The minimum atomic E-state index is -1.93. The lowest BCUT2D eigenvalue weighted by Gasteiger charge is -2.12. The molecule has 0 aromatic carbocycles.